The number of benzene rings is 1. The third kappa shape index (κ3) is 4.83. The number of alkyl halides is 3. The number of hydrogen-bond acceptors (Lipinski definition) is 2. The van der Waals surface area contributed by atoms with E-state index in [1.807, 2.05) is 0 Å². The molecule has 0 N–H and O–H groups in total. The molecule has 0 bridgehead atoms. The van der Waals surface area contributed by atoms with E-state index in [9.17, 15) is 13.2 Å². The normalized spacial score (nSPS) is 16.6. The van der Waals surface area contributed by atoms with Crippen LogP contribution in [0.2, 0.25) is 19.6 Å². The molecule has 1 rings (SSSR count). The molecule has 6 heteroatoms. The van der Waals surface area contributed by atoms with E-state index in [1.165, 1.54) is 12.1 Å². The van der Waals surface area contributed by atoms with Crippen molar-refractivity contribution >= 4 is 8.32 Å². The number of halogens is 3. The van der Waals surface area contributed by atoms with Crippen molar-refractivity contribution in [3.8, 4) is 0 Å². The highest BCUT2D eigenvalue weighted by molar-refractivity contribution is 6.69. The predicted molar refractivity (Wildman–Crippen MR) is 79.4 cm³/mol. The van der Waals surface area contributed by atoms with Gasteiger partial charge in [-0.15, -0.1) is 0 Å². The molecule has 0 aliphatic heterocycles. The topological polar surface area (TPSA) is 18.5 Å². The van der Waals surface area contributed by atoms with E-state index < -0.39 is 25.9 Å². The van der Waals surface area contributed by atoms with Crippen LogP contribution >= 0.6 is 0 Å². The Morgan fingerprint density at radius 1 is 0.905 bits per heavy atom. The lowest BCUT2D eigenvalue weighted by molar-refractivity contribution is -0.388. The Morgan fingerprint density at radius 3 is 1.71 bits per heavy atom. The van der Waals surface area contributed by atoms with Gasteiger partial charge in [0.1, 0.15) is 0 Å². The first-order valence-corrected chi connectivity index (χ1v) is 10.2. The first-order chi connectivity index (χ1) is 9.27. The molecule has 0 fully saturated rings. The maximum absolute atomic E-state index is 13.9. The van der Waals surface area contributed by atoms with Crippen molar-refractivity contribution in [2.24, 2.45) is 0 Å². The summed E-state index contributed by atoms with van der Waals surface area (Å²) in [6, 6.07) is 7.54. The molecule has 1 aromatic rings. The van der Waals surface area contributed by atoms with Gasteiger partial charge in [-0.05, 0) is 40.4 Å². The monoisotopic (exact) mass is 320 g/mol. The number of hydrogen-bond donors (Lipinski definition) is 0. The first-order valence-electron chi connectivity index (χ1n) is 6.79. The Balaban J connectivity index is 3.49. The van der Waals surface area contributed by atoms with Crippen molar-refractivity contribution in [3.63, 3.8) is 0 Å². The molecule has 1 aromatic carbocycles. The Morgan fingerprint density at radius 2 is 1.38 bits per heavy atom. The van der Waals surface area contributed by atoms with Crippen LogP contribution in [0, 0.1) is 0 Å². The van der Waals surface area contributed by atoms with Crippen LogP contribution < -0.4 is 0 Å². The Kier molecular flexibility index (Phi) is 4.97. The molecule has 2 nitrogen and oxygen atoms in total. The Labute approximate surface area is 125 Å². The molecule has 0 radical (unpaired) electrons. The fourth-order valence-electron chi connectivity index (χ4n) is 1.94. The fourth-order valence-corrected chi connectivity index (χ4v) is 3.08. The van der Waals surface area contributed by atoms with Gasteiger partial charge in [0.15, 0.2) is 8.32 Å². The van der Waals surface area contributed by atoms with E-state index in [1.54, 1.807) is 58.6 Å². The summed E-state index contributed by atoms with van der Waals surface area (Å²) in [6.45, 7) is 9.89. The van der Waals surface area contributed by atoms with E-state index in [4.69, 9.17) is 9.16 Å². The second-order valence-corrected chi connectivity index (χ2v) is 11.3. The van der Waals surface area contributed by atoms with Gasteiger partial charge in [0.05, 0.1) is 5.60 Å². The van der Waals surface area contributed by atoms with Crippen molar-refractivity contribution in [2.45, 2.75) is 58.0 Å². The lowest BCUT2D eigenvalue weighted by Gasteiger charge is -2.43. The molecule has 1 unspecified atom stereocenters. The molecule has 0 amide bonds. The van der Waals surface area contributed by atoms with Gasteiger partial charge in [-0.2, -0.15) is 13.2 Å². The molecule has 21 heavy (non-hydrogen) atoms. The average Bonchev–Trinajstić information content (AvgIpc) is 2.23. The van der Waals surface area contributed by atoms with Crippen LogP contribution in [0.1, 0.15) is 26.3 Å². The fraction of sp³-hybridized carbons (Fsp3) is 0.600. The quantitative estimate of drug-likeness (QED) is 0.570. The van der Waals surface area contributed by atoms with Gasteiger partial charge in [0, 0.05) is 5.56 Å². The zero-order chi connectivity index (χ0) is 16.5. The second-order valence-electron chi connectivity index (χ2n) is 6.91. The van der Waals surface area contributed by atoms with Crippen LogP contribution in [0.15, 0.2) is 30.3 Å². The molecule has 0 heterocycles. The summed E-state index contributed by atoms with van der Waals surface area (Å²) in [5.41, 5.74) is -1.04. The first kappa shape index (κ1) is 18.2. The largest absolute Gasteiger partial charge is 0.447 e. The van der Waals surface area contributed by atoms with Crippen LogP contribution in [0.5, 0.6) is 0 Å². The van der Waals surface area contributed by atoms with Crippen molar-refractivity contribution in [1.82, 2.24) is 0 Å². The lowest BCUT2D eigenvalue weighted by Crippen LogP contribution is -2.55. The minimum Gasteiger partial charge on any atom is -0.380 e. The lowest BCUT2D eigenvalue weighted by atomic mass is 10.0. The van der Waals surface area contributed by atoms with Gasteiger partial charge >= 0.3 is 6.18 Å². The third-order valence-electron chi connectivity index (χ3n) is 2.43. The molecule has 0 saturated carbocycles. The van der Waals surface area contributed by atoms with Crippen LogP contribution in [0.4, 0.5) is 13.2 Å². The number of rotatable bonds is 4. The van der Waals surface area contributed by atoms with Crippen molar-refractivity contribution < 1.29 is 22.3 Å². The molecular formula is C15H23F3O2Si. The summed E-state index contributed by atoms with van der Waals surface area (Å²) < 4.78 is 52.7. The molecule has 0 aromatic heterocycles. The van der Waals surface area contributed by atoms with Gasteiger partial charge in [-0.25, -0.2) is 0 Å². The SMILES string of the molecule is CC(C)(C)OC(O[Si](C)(C)C)(c1ccccc1)C(F)(F)F. The summed E-state index contributed by atoms with van der Waals surface area (Å²) in [6.07, 6.45) is -4.68. The predicted octanol–water partition coefficient (Wildman–Crippen LogP) is 5.07. The van der Waals surface area contributed by atoms with Gasteiger partial charge in [-0.1, -0.05) is 30.3 Å². The van der Waals surface area contributed by atoms with E-state index in [0.29, 0.717) is 0 Å². The molecular weight excluding hydrogens is 297 g/mol. The van der Waals surface area contributed by atoms with E-state index in [0.717, 1.165) is 0 Å². The van der Waals surface area contributed by atoms with Crippen LogP contribution in [0.25, 0.3) is 0 Å². The highest BCUT2D eigenvalue weighted by atomic mass is 28.4. The van der Waals surface area contributed by atoms with Gasteiger partial charge in [0.25, 0.3) is 5.79 Å². The van der Waals surface area contributed by atoms with Crippen LogP contribution in [0.3, 0.4) is 0 Å². The highest BCUT2D eigenvalue weighted by Crippen LogP contribution is 2.47. The molecule has 0 aliphatic rings. The summed E-state index contributed by atoms with van der Waals surface area (Å²) in [5, 5.41) is 0. The van der Waals surface area contributed by atoms with Crippen molar-refractivity contribution in [3.05, 3.63) is 35.9 Å². The summed E-state index contributed by atoms with van der Waals surface area (Å²) in [4.78, 5) is 0. The average molecular weight is 320 g/mol. The van der Waals surface area contributed by atoms with Crippen LogP contribution in [-0.2, 0) is 14.9 Å². The van der Waals surface area contributed by atoms with Gasteiger partial charge in [-0.3, -0.25) is 0 Å². The van der Waals surface area contributed by atoms with Gasteiger partial charge in [0.2, 0.25) is 0 Å². The van der Waals surface area contributed by atoms with E-state index in [2.05, 4.69) is 0 Å². The highest BCUT2D eigenvalue weighted by Gasteiger charge is 2.62. The molecule has 120 valence electrons. The maximum Gasteiger partial charge on any atom is 0.447 e. The van der Waals surface area contributed by atoms with E-state index in [-0.39, 0.29) is 5.56 Å². The molecule has 1 atom stereocenters. The van der Waals surface area contributed by atoms with Gasteiger partial charge < -0.3 is 9.16 Å². The summed E-state index contributed by atoms with van der Waals surface area (Å²) in [7, 11) is -2.53. The molecule has 0 aliphatic carbocycles. The maximum atomic E-state index is 13.9. The van der Waals surface area contributed by atoms with Crippen molar-refractivity contribution in [2.75, 3.05) is 0 Å². The number of ether oxygens (including phenoxy) is 1. The molecule has 0 saturated heterocycles. The zero-order valence-electron chi connectivity index (χ0n) is 13.3. The van der Waals surface area contributed by atoms with E-state index >= 15 is 0 Å². The van der Waals surface area contributed by atoms with Crippen LogP contribution in [-0.4, -0.2) is 20.1 Å². The van der Waals surface area contributed by atoms with Crippen molar-refractivity contribution in [1.29, 1.82) is 0 Å². The smallest absolute Gasteiger partial charge is 0.380 e. The Bertz CT molecular complexity index is 443. The second kappa shape index (κ2) is 5.74. The third-order valence-corrected chi connectivity index (χ3v) is 3.33. The minimum atomic E-state index is -4.68. The summed E-state index contributed by atoms with van der Waals surface area (Å²) >= 11 is 0. The summed E-state index contributed by atoms with van der Waals surface area (Å²) in [5.74, 6) is -2.74. The zero-order valence-corrected chi connectivity index (χ0v) is 14.3. The standard InChI is InChI=1S/C15H23F3O2Si/c1-13(2,3)19-14(15(16,17)18,20-21(4,5)6)12-10-8-7-9-11-12/h7-11H,1-6H3. The Hall–Kier alpha value is -0.853. The molecule has 0 spiro atoms. The minimum absolute atomic E-state index is 0.0325.